The van der Waals surface area contributed by atoms with Gasteiger partial charge in [-0.1, -0.05) is 78.9 Å². The van der Waals surface area contributed by atoms with Crippen LogP contribution in [-0.2, 0) is 25.7 Å². The van der Waals surface area contributed by atoms with Gasteiger partial charge in [0.15, 0.2) is 0 Å². The van der Waals surface area contributed by atoms with Crippen molar-refractivity contribution in [1.29, 1.82) is 5.26 Å². The molecule has 4 aromatic rings. The molecule has 0 spiro atoms. The van der Waals surface area contributed by atoms with Gasteiger partial charge in [-0.05, 0) is 89.0 Å². The average molecular weight is 467 g/mol. The topological polar surface area (TPSA) is 27.0 Å². The molecule has 0 saturated carbocycles. The van der Waals surface area contributed by atoms with Crippen LogP contribution >= 0.6 is 0 Å². The molecule has 7 rings (SSSR count). The first-order valence-corrected chi connectivity index (χ1v) is 13.4. The lowest BCUT2D eigenvalue weighted by atomic mass is 9.78. The van der Waals surface area contributed by atoms with Gasteiger partial charge in [0.25, 0.3) is 0 Å². The molecule has 2 heteroatoms. The van der Waals surface area contributed by atoms with Crippen LogP contribution in [0.3, 0.4) is 0 Å². The molecule has 2 nitrogen and oxygen atoms in total. The normalized spacial score (nSPS) is 16.0. The molecule has 0 amide bonds. The smallest absolute Gasteiger partial charge is 0.102 e. The van der Waals surface area contributed by atoms with E-state index in [9.17, 15) is 5.26 Å². The fraction of sp³-hybridized carbons (Fsp3) is 0.265. The number of hydrogen-bond donors (Lipinski definition) is 0. The maximum absolute atomic E-state index is 10.6. The Hall–Kier alpha value is -3.83. The molecule has 0 N–H and O–H groups in total. The van der Waals surface area contributed by atoms with Crippen LogP contribution in [0.1, 0.15) is 46.2 Å². The van der Waals surface area contributed by atoms with Crippen LogP contribution in [0, 0.1) is 17.2 Å². The van der Waals surface area contributed by atoms with E-state index in [2.05, 4.69) is 89.8 Å². The molecular weight excluding hydrogens is 436 g/mol. The van der Waals surface area contributed by atoms with Gasteiger partial charge in [-0.25, -0.2) is 0 Å². The van der Waals surface area contributed by atoms with E-state index >= 15 is 0 Å². The zero-order valence-electron chi connectivity index (χ0n) is 20.6. The SMILES string of the molecule is N#Cc1c2c(c3c(c1N1CCC(Cc4ccccc4)CC1)CCc1ccccc1-3)Cc1ccccc1-2. The zero-order chi connectivity index (χ0) is 24.1. The van der Waals surface area contributed by atoms with E-state index in [1.807, 2.05) is 0 Å². The molecular formula is C34H30N2. The van der Waals surface area contributed by atoms with Crippen LogP contribution in [0.2, 0.25) is 0 Å². The second-order valence-electron chi connectivity index (χ2n) is 10.7. The van der Waals surface area contributed by atoms with Gasteiger partial charge >= 0.3 is 0 Å². The minimum absolute atomic E-state index is 0.709. The summed E-state index contributed by atoms with van der Waals surface area (Å²) >= 11 is 0. The Kier molecular flexibility index (Phi) is 5.17. The number of piperidine rings is 1. The number of benzene rings is 4. The molecule has 2 aliphatic carbocycles. The molecule has 1 fully saturated rings. The number of anilines is 1. The molecule has 1 saturated heterocycles. The summed E-state index contributed by atoms with van der Waals surface area (Å²) in [5.41, 5.74) is 14.4. The molecule has 0 radical (unpaired) electrons. The quantitative estimate of drug-likeness (QED) is 0.278. The third kappa shape index (κ3) is 3.38. The summed E-state index contributed by atoms with van der Waals surface area (Å²) in [6.45, 7) is 2.06. The Morgan fingerprint density at radius 1 is 0.722 bits per heavy atom. The van der Waals surface area contributed by atoms with Gasteiger partial charge in [0.2, 0.25) is 0 Å². The second-order valence-corrected chi connectivity index (χ2v) is 10.7. The van der Waals surface area contributed by atoms with Crippen molar-refractivity contribution >= 4 is 5.69 Å². The van der Waals surface area contributed by atoms with Crippen molar-refractivity contribution in [2.24, 2.45) is 5.92 Å². The van der Waals surface area contributed by atoms with Gasteiger partial charge in [0, 0.05) is 18.7 Å². The summed E-state index contributed by atoms with van der Waals surface area (Å²) in [6.07, 6.45) is 6.51. The van der Waals surface area contributed by atoms with E-state index < -0.39 is 0 Å². The van der Waals surface area contributed by atoms with Gasteiger partial charge in [-0.3, -0.25) is 0 Å². The number of aryl methyl sites for hydroxylation is 1. The van der Waals surface area contributed by atoms with Crippen LogP contribution < -0.4 is 4.90 Å². The van der Waals surface area contributed by atoms with Crippen molar-refractivity contribution in [2.45, 2.75) is 38.5 Å². The molecule has 0 bridgehead atoms. The van der Waals surface area contributed by atoms with Crippen molar-refractivity contribution < 1.29 is 0 Å². The Morgan fingerprint density at radius 2 is 1.39 bits per heavy atom. The lowest BCUT2D eigenvalue weighted by Crippen LogP contribution is -2.36. The predicted molar refractivity (Wildman–Crippen MR) is 147 cm³/mol. The molecule has 176 valence electrons. The summed E-state index contributed by atoms with van der Waals surface area (Å²) in [5, 5.41) is 10.6. The van der Waals surface area contributed by atoms with Crippen molar-refractivity contribution in [1.82, 2.24) is 0 Å². The van der Waals surface area contributed by atoms with E-state index in [4.69, 9.17) is 0 Å². The highest BCUT2D eigenvalue weighted by atomic mass is 15.1. The number of nitriles is 1. The van der Waals surface area contributed by atoms with Crippen LogP contribution in [-0.4, -0.2) is 13.1 Å². The van der Waals surface area contributed by atoms with Gasteiger partial charge < -0.3 is 4.90 Å². The highest BCUT2D eigenvalue weighted by Crippen LogP contribution is 2.52. The molecule has 0 aromatic heterocycles. The average Bonchev–Trinajstić information content (AvgIpc) is 3.32. The third-order valence-corrected chi connectivity index (χ3v) is 8.67. The summed E-state index contributed by atoms with van der Waals surface area (Å²) < 4.78 is 0. The Bertz CT molecular complexity index is 1500. The van der Waals surface area contributed by atoms with E-state index in [0.29, 0.717) is 5.92 Å². The highest BCUT2D eigenvalue weighted by molar-refractivity contribution is 5.97. The maximum Gasteiger partial charge on any atom is 0.102 e. The number of rotatable bonds is 3. The first-order valence-electron chi connectivity index (χ1n) is 13.4. The first kappa shape index (κ1) is 21.5. The minimum atomic E-state index is 0.709. The van der Waals surface area contributed by atoms with Crippen LogP contribution in [0.4, 0.5) is 5.69 Å². The molecule has 1 heterocycles. The van der Waals surface area contributed by atoms with Gasteiger partial charge in [0.1, 0.15) is 6.07 Å². The number of nitrogens with zero attached hydrogens (tertiary/aromatic N) is 2. The second kappa shape index (κ2) is 8.68. The first-order chi connectivity index (χ1) is 17.8. The van der Waals surface area contributed by atoms with Crippen LogP contribution in [0.5, 0.6) is 0 Å². The van der Waals surface area contributed by atoms with E-state index in [0.717, 1.165) is 44.3 Å². The molecule has 36 heavy (non-hydrogen) atoms. The summed E-state index contributed by atoms with van der Waals surface area (Å²) in [6, 6.07) is 31.3. The van der Waals surface area contributed by atoms with Crippen LogP contribution in [0.25, 0.3) is 22.3 Å². The Balaban J connectivity index is 1.34. The third-order valence-electron chi connectivity index (χ3n) is 8.67. The fourth-order valence-electron chi connectivity index (χ4n) is 7.00. The molecule has 0 unspecified atom stereocenters. The fourth-order valence-corrected chi connectivity index (χ4v) is 7.00. The lowest BCUT2D eigenvalue weighted by molar-refractivity contribution is 0.403. The van der Waals surface area contributed by atoms with Crippen molar-refractivity contribution in [3.63, 3.8) is 0 Å². The lowest BCUT2D eigenvalue weighted by Gasteiger charge is -2.38. The summed E-state index contributed by atoms with van der Waals surface area (Å²) in [4.78, 5) is 2.56. The highest BCUT2D eigenvalue weighted by Gasteiger charge is 2.35. The maximum atomic E-state index is 10.6. The van der Waals surface area contributed by atoms with Crippen LogP contribution in [0.15, 0.2) is 78.9 Å². The zero-order valence-corrected chi connectivity index (χ0v) is 20.6. The van der Waals surface area contributed by atoms with Gasteiger partial charge in [-0.2, -0.15) is 5.26 Å². The number of fused-ring (bicyclic) bond motifs is 7. The standard InChI is InChI=1S/C34H30N2/c35-22-31-33-28-13-7-5-11-26(28)21-30(33)32-27-12-6-4-10-25(27)14-15-29(32)34(31)36-18-16-24(17-19-36)20-23-8-2-1-3-9-23/h1-13,24H,14-21H2. The van der Waals surface area contributed by atoms with E-state index in [-0.39, 0.29) is 0 Å². The number of hydrogen-bond acceptors (Lipinski definition) is 2. The van der Waals surface area contributed by atoms with Gasteiger partial charge in [-0.15, -0.1) is 0 Å². The predicted octanol–water partition coefficient (Wildman–Crippen LogP) is 7.35. The van der Waals surface area contributed by atoms with E-state index in [1.165, 1.54) is 68.6 Å². The molecule has 3 aliphatic rings. The molecule has 0 atom stereocenters. The summed E-state index contributed by atoms with van der Waals surface area (Å²) in [5.74, 6) is 0.709. The summed E-state index contributed by atoms with van der Waals surface area (Å²) in [7, 11) is 0. The van der Waals surface area contributed by atoms with Gasteiger partial charge in [0.05, 0.1) is 11.3 Å². The van der Waals surface area contributed by atoms with Crippen molar-refractivity contribution in [2.75, 3.05) is 18.0 Å². The Labute approximate surface area is 213 Å². The monoisotopic (exact) mass is 466 g/mol. The molecule has 4 aromatic carbocycles. The minimum Gasteiger partial charge on any atom is -0.370 e. The van der Waals surface area contributed by atoms with E-state index in [1.54, 1.807) is 0 Å². The van der Waals surface area contributed by atoms with Crippen molar-refractivity contribution in [3.05, 3.63) is 112 Å². The Morgan fingerprint density at radius 3 is 2.14 bits per heavy atom. The largest absolute Gasteiger partial charge is 0.370 e. The molecule has 1 aliphatic heterocycles. The van der Waals surface area contributed by atoms with Crippen molar-refractivity contribution in [3.8, 4) is 28.3 Å².